The van der Waals surface area contributed by atoms with Crippen molar-refractivity contribution in [2.45, 2.75) is 52.1 Å². The first-order valence-electron chi connectivity index (χ1n) is 8.47. The van der Waals surface area contributed by atoms with Gasteiger partial charge in [-0.3, -0.25) is 9.59 Å². The first kappa shape index (κ1) is 18.8. The number of carboxylic acid groups (broad SMARTS) is 1. The van der Waals surface area contributed by atoms with Crippen LogP contribution in [-0.2, 0) is 16.1 Å². The molecule has 1 aromatic rings. The lowest BCUT2D eigenvalue weighted by Gasteiger charge is -2.36. The summed E-state index contributed by atoms with van der Waals surface area (Å²) in [5, 5.41) is 17.5. The van der Waals surface area contributed by atoms with E-state index < -0.39 is 11.4 Å². The summed E-state index contributed by atoms with van der Waals surface area (Å²) in [7, 11) is 0. The molecule has 2 rings (SSSR count). The Morgan fingerprint density at radius 1 is 1.16 bits per heavy atom. The van der Waals surface area contributed by atoms with Crippen LogP contribution in [0.25, 0.3) is 0 Å². The zero-order valence-corrected chi connectivity index (χ0v) is 14.6. The highest BCUT2D eigenvalue weighted by Crippen LogP contribution is 2.44. The minimum absolute atomic E-state index is 0.0251. The van der Waals surface area contributed by atoms with Crippen LogP contribution in [0.4, 0.5) is 10.5 Å². The molecular weight excluding hydrogens is 322 g/mol. The van der Waals surface area contributed by atoms with Crippen molar-refractivity contribution in [1.82, 2.24) is 10.6 Å². The molecule has 0 spiro atoms. The molecule has 7 heteroatoms. The quantitative estimate of drug-likeness (QED) is 0.608. The van der Waals surface area contributed by atoms with Gasteiger partial charge in [0.15, 0.2) is 0 Å². The molecule has 1 aliphatic carbocycles. The highest BCUT2D eigenvalue weighted by Gasteiger charge is 2.45. The van der Waals surface area contributed by atoms with E-state index in [-0.39, 0.29) is 24.4 Å². The SMILES string of the molecule is CC(C)NC(=O)Nc1ccc(CNC(=O)CC2(C(=O)O)CCC2)cc1. The molecule has 25 heavy (non-hydrogen) atoms. The first-order chi connectivity index (χ1) is 11.8. The highest BCUT2D eigenvalue weighted by molar-refractivity contribution is 5.89. The topological polar surface area (TPSA) is 108 Å². The maximum atomic E-state index is 12.0. The standard InChI is InChI=1S/C18H25N3O4/c1-12(2)20-17(25)21-14-6-4-13(5-7-14)11-19-15(22)10-18(16(23)24)8-3-9-18/h4-7,12H,3,8-11H2,1-2H3,(H,19,22)(H,23,24)(H2,20,21,25). The minimum atomic E-state index is -0.885. The number of benzene rings is 1. The molecule has 1 fully saturated rings. The summed E-state index contributed by atoms with van der Waals surface area (Å²) in [4.78, 5) is 34.9. The number of carbonyl (C=O) groups is 3. The molecule has 0 aromatic heterocycles. The second-order valence-corrected chi connectivity index (χ2v) is 6.84. The van der Waals surface area contributed by atoms with E-state index in [1.807, 2.05) is 26.0 Å². The van der Waals surface area contributed by atoms with Crippen LogP contribution >= 0.6 is 0 Å². The fraction of sp³-hybridized carbons (Fsp3) is 0.500. The third kappa shape index (κ3) is 5.20. The second-order valence-electron chi connectivity index (χ2n) is 6.84. The molecule has 0 atom stereocenters. The van der Waals surface area contributed by atoms with Gasteiger partial charge in [0.25, 0.3) is 0 Å². The summed E-state index contributed by atoms with van der Waals surface area (Å²) < 4.78 is 0. The number of hydrogen-bond donors (Lipinski definition) is 4. The molecule has 0 saturated heterocycles. The van der Waals surface area contributed by atoms with Crippen LogP contribution in [0.5, 0.6) is 0 Å². The average Bonchev–Trinajstić information content (AvgIpc) is 2.49. The van der Waals surface area contributed by atoms with E-state index in [1.165, 1.54) is 0 Å². The van der Waals surface area contributed by atoms with Crippen molar-refractivity contribution >= 4 is 23.6 Å². The molecule has 1 aliphatic rings. The Kier molecular flexibility index (Phi) is 6.01. The van der Waals surface area contributed by atoms with Crippen LogP contribution < -0.4 is 16.0 Å². The summed E-state index contributed by atoms with van der Waals surface area (Å²) >= 11 is 0. The van der Waals surface area contributed by atoms with Crippen molar-refractivity contribution in [3.63, 3.8) is 0 Å². The Bertz CT molecular complexity index is 636. The Morgan fingerprint density at radius 3 is 2.28 bits per heavy atom. The molecule has 0 radical (unpaired) electrons. The number of hydrogen-bond acceptors (Lipinski definition) is 3. The van der Waals surface area contributed by atoms with Crippen molar-refractivity contribution in [2.24, 2.45) is 5.41 Å². The molecule has 1 saturated carbocycles. The first-order valence-corrected chi connectivity index (χ1v) is 8.47. The molecule has 136 valence electrons. The van der Waals surface area contributed by atoms with Crippen LogP contribution in [0.15, 0.2) is 24.3 Å². The zero-order valence-electron chi connectivity index (χ0n) is 14.6. The summed E-state index contributed by atoms with van der Waals surface area (Å²) in [6, 6.07) is 6.91. The monoisotopic (exact) mass is 347 g/mol. The normalized spacial score (nSPS) is 15.2. The van der Waals surface area contributed by atoms with Crippen LogP contribution in [0.3, 0.4) is 0 Å². The summed E-state index contributed by atoms with van der Waals surface area (Å²) in [6.45, 7) is 4.08. The number of aliphatic carboxylic acids is 1. The van der Waals surface area contributed by atoms with Gasteiger partial charge in [0, 0.05) is 24.7 Å². The molecule has 1 aromatic carbocycles. The van der Waals surface area contributed by atoms with E-state index in [9.17, 15) is 19.5 Å². The van der Waals surface area contributed by atoms with E-state index in [1.54, 1.807) is 12.1 Å². The lowest BCUT2D eigenvalue weighted by molar-refractivity contribution is -0.157. The van der Waals surface area contributed by atoms with Gasteiger partial charge in [-0.2, -0.15) is 0 Å². The summed E-state index contributed by atoms with van der Waals surface area (Å²) in [5.41, 5.74) is 0.662. The van der Waals surface area contributed by atoms with Crippen LogP contribution in [-0.4, -0.2) is 29.1 Å². The Balaban J connectivity index is 1.80. The van der Waals surface area contributed by atoms with Gasteiger partial charge in [0.1, 0.15) is 0 Å². The van der Waals surface area contributed by atoms with E-state index in [0.29, 0.717) is 25.1 Å². The molecule has 0 unspecified atom stereocenters. The van der Waals surface area contributed by atoms with E-state index in [2.05, 4.69) is 16.0 Å². The maximum Gasteiger partial charge on any atom is 0.319 e. The lowest BCUT2D eigenvalue weighted by atomic mass is 9.66. The number of urea groups is 1. The van der Waals surface area contributed by atoms with Crippen molar-refractivity contribution in [1.29, 1.82) is 0 Å². The minimum Gasteiger partial charge on any atom is -0.481 e. The van der Waals surface area contributed by atoms with Crippen LogP contribution in [0, 0.1) is 5.41 Å². The van der Waals surface area contributed by atoms with Crippen molar-refractivity contribution in [3.05, 3.63) is 29.8 Å². The fourth-order valence-corrected chi connectivity index (χ4v) is 2.78. The van der Waals surface area contributed by atoms with Gasteiger partial charge in [0.2, 0.25) is 5.91 Å². The summed E-state index contributed by atoms with van der Waals surface area (Å²) in [6.07, 6.45) is 2.01. The van der Waals surface area contributed by atoms with Crippen molar-refractivity contribution in [2.75, 3.05) is 5.32 Å². The molecule has 0 heterocycles. The maximum absolute atomic E-state index is 12.0. The molecule has 4 N–H and O–H groups in total. The molecule has 0 bridgehead atoms. The van der Waals surface area contributed by atoms with E-state index in [0.717, 1.165) is 12.0 Å². The van der Waals surface area contributed by atoms with Gasteiger partial charge in [-0.15, -0.1) is 0 Å². The molecule has 7 nitrogen and oxygen atoms in total. The van der Waals surface area contributed by atoms with Gasteiger partial charge in [-0.25, -0.2) is 4.79 Å². The number of amides is 3. The van der Waals surface area contributed by atoms with Gasteiger partial charge in [0.05, 0.1) is 5.41 Å². The van der Waals surface area contributed by atoms with Gasteiger partial charge in [-0.1, -0.05) is 18.6 Å². The van der Waals surface area contributed by atoms with Gasteiger partial charge >= 0.3 is 12.0 Å². The molecule has 3 amide bonds. The number of nitrogens with one attached hydrogen (secondary N) is 3. The van der Waals surface area contributed by atoms with E-state index in [4.69, 9.17) is 0 Å². The van der Waals surface area contributed by atoms with Crippen molar-refractivity contribution < 1.29 is 19.5 Å². The van der Waals surface area contributed by atoms with Crippen LogP contribution in [0.1, 0.15) is 45.1 Å². The second kappa shape index (κ2) is 8.00. The fourth-order valence-electron chi connectivity index (χ4n) is 2.78. The highest BCUT2D eigenvalue weighted by atomic mass is 16.4. The van der Waals surface area contributed by atoms with Gasteiger partial charge < -0.3 is 21.1 Å². The smallest absolute Gasteiger partial charge is 0.319 e. The predicted octanol–water partition coefficient (Wildman–Crippen LogP) is 2.48. The Labute approximate surface area is 147 Å². The number of anilines is 1. The molecular formula is C18H25N3O4. The molecule has 0 aliphatic heterocycles. The van der Waals surface area contributed by atoms with Gasteiger partial charge in [-0.05, 0) is 44.4 Å². The Hall–Kier alpha value is -2.57. The predicted molar refractivity (Wildman–Crippen MR) is 94.1 cm³/mol. The number of carboxylic acids is 1. The van der Waals surface area contributed by atoms with Crippen molar-refractivity contribution in [3.8, 4) is 0 Å². The van der Waals surface area contributed by atoms with Crippen LogP contribution in [0.2, 0.25) is 0 Å². The third-order valence-electron chi connectivity index (χ3n) is 4.38. The third-order valence-corrected chi connectivity index (χ3v) is 4.38. The average molecular weight is 347 g/mol. The Morgan fingerprint density at radius 2 is 1.80 bits per heavy atom. The number of carbonyl (C=O) groups excluding carboxylic acids is 2. The number of rotatable bonds is 7. The lowest BCUT2D eigenvalue weighted by Crippen LogP contribution is -2.42. The van der Waals surface area contributed by atoms with E-state index >= 15 is 0 Å². The largest absolute Gasteiger partial charge is 0.481 e. The summed E-state index contributed by atoms with van der Waals surface area (Å²) in [5.74, 6) is -1.13. The zero-order chi connectivity index (χ0) is 18.4.